The molecule has 25 heavy (non-hydrogen) atoms. The van der Waals surface area contributed by atoms with Crippen molar-refractivity contribution in [1.82, 2.24) is 10.2 Å². The highest BCUT2D eigenvalue weighted by Crippen LogP contribution is 2.60. The molecule has 1 amide bonds. The number of hydrogen-bond donors (Lipinski definition) is 1. The second-order valence-corrected chi connectivity index (χ2v) is 9.35. The average molecular weight is 381 g/mol. The molecule has 0 radical (unpaired) electrons. The van der Waals surface area contributed by atoms with Crippen LogP contribution in [-0.2, 0) is 11.3 Å². The number of hydrogen-bond acceptors (Lipinski definition) is 3. The van der Waals surface area contributed by atoms with Gasteiger partial charge in [0.15, 0.2) is 0 Å². The zero-order valence-corrected chi connectivity index (χ0v) is 16.4. The minimum absolute atomic E-state index is 0. The number of nitrogens with zero attached hydrogens (tertiary/aromatic N) is 1. The quantitative estimate of drug-likeness (QED) is 0.853. The van der Waals surface area contributed by atoms with E-state index in [0.717, 1.165) is 31.5 Å². The van der Waals surface area contributed by atoms with Crippen LogP contribution in [0, 0.1) is 23.2 Å². The number of carbonyl (C=O) groups excluding carboxylic acids is 1. The zero-order valence-electron chi connectivity index (χ0n) is 14.8. The molecule has 3 unspecified atom stereocenters. The Bertz CT molecular complexity index is 601. The minimum Gasteiger partial charge on any atom is -0.335 e. The van der Waals surface area contributed by atoms with Crippen molar-refractivity contribution in [3.63, 3.8) is 0 Å². The van der Waals surface area contributed by atoms with Gasteiger partial charge in [0.1, 0.15) is 0 Å². The van der Waals surface area contributed by atoms with Gasteiger partial charge in [0.25, 0.3) is 0 Å². The van der Waals surface area contributed by atoms with Gasteiger partial charge < -0.3 is 10.2 Å². The molecule has 3 nitrogen and oxygen atoms in total. The number of carbonyl (C=O) groups is 1. The lowest BCUT2D eigenvalue weighted by atomic mass is 9.93. The van der Waals surface area contributed by atoms with E-state index in [1.165, 1.54) is 50.5 Å². The highest BCUT2D eigenvalue weighted by Gasteiger charge is 2.62. The largest absolute Gasteiger partial charge is 0.335 e. The van der Waals surface area contributed by atoms with Crippen molar-refractivity contribution in [3.05, 3.63) is 22.4 Å². The molecular formula is C20H29ClN2OS. The van der Waals surface area contributed by atoms with E-state index in [1.54, 1.807) is 11.3 Å². The van der Waals surface area contributed by atoms with Gasteiger partial charge in [-0.25, -0.2) is 0 Å². The number of rotatable bonds is 4. The van der Waals surface area contributed by atoms with Crippen LogP contribution in [0.2, 0.25) is 0 Å². The average Bonchev–Trinajstić information content (AvgIpc) is 3.44. The van der Waals surface area contributed by atoms with E-state index in [1.807, 2.05) is 0 Å². The van der Waals surface area contributed by atoms with Crippen LogP contribution in [0.25, 0.3) is 0 Å². The molecule has 1 aliphatic heterocycles. The molecule has 1 aromatic rings. The van der Waals surface area contributed by atoms with Crippen LogP contribution in [0.15, 0.2) is 16.8 Å². The highest BCUT2D eigenvalue weighted by molar-refractivity contribution is 7.07. The Labute approximate surface area is 161 Å². The summed E-state index contributed by atoms with van der Waals surface area (Å²) in [6, 6.07) is 2.71. The predicted octanol–water partition coefficient (Wildman–Crippen LogP) is 4.08. The Morgan fingerprint density at radius 2 is 1.96 bits per heavy atom. The third-order valence-corrected chi connectivity index (χ3v) is 8.01. The maximum absolute atomic E-state index is 13.4. The molecule has 5 heteroatoms. The molecule has 138 valence electrons. The fourth-order valence-electron chi connectivity index (χ4n) is 5.70. The molecular weight excluding hydrogens is 352 g/mol. The lowest BCUT2D eigenvalue weighted by Crippen LogP contribution is -2.40. The van der Waals surface area contributed by atoms with Gasteiger partial charge in [-0.15, -0.1) is 12.4 Å². The van der Waals surface area contributed by atoms with E-state index < -0.39 is 0 Å². The first-order valence-electron chi connectivity index (χ1n) is 9.81. The highest BCUT2D eigenvalue weighted by atomic mass is 35.5. The normalized spacial score (nSPS) is 34.7. The number of fused-ring (bicyclic) bond motifs is 1. The second-order valence-electron chi connectivity index (χ2n) is 8.57. The van der Waals surface area contributed by atoms with Crippen molar-refractivity contribution in [2.45, 2.75) is 57.5 Å². The topological polar surface area (TPSA) is 32.3 Å². The summed E-state index contributed by atoms with van der Waals surface area (Å²) in [7, 11) is 0. The summed E-state index contributed by atoms with van der Waals surface area (Å²) in [6.45, 7) is 3.11. The summed E-state index contributed by atoms with van der Waals surface area (Å²) < 4.78 is 0. The van der Waals surface area contributed by atoms with Crippen LogP contribution < -0.4 is 5.32 Å². The first-order chi connectivity index (χ1) is 11.8. The third-order valence-electron chi connectivity index (χ3n) is 7.28. The maximum Gasteiger partial charge on any atom is 0.226 e. The van der Waals surface area contributed by atoms with Gasteiger partial charge in [0.05, 0.1) is 0 Å². The molecule has 3 saturated carbocycles. The van der Waals surface area contributed by atoms with Gasteiger partial charge >= 0.3 is 0 Å². The molecule has 4 fully saturated rings. The van der Waals surface area contributed by atoms with Crippen molar-refractivity contribution in [3.8, 4) is 0 Å². The molecule has 0 aromatic carbocycles. The Hall–Kier alpha value is -0.580. The Morgan fingerprint density at radius 3 is 2.60 bits per heavy atom. The van der Waals surface area contributed by atoms with Gasteiger partial charge in [-0.05, 0) is 84.8 Å². The lowest BCUT2D eigenvalue weighted by molar-refractivity contribution is -0.135. The Kier molecular flexibility index (Phi) is 4.89. The summed E-state index contributed by atoms with van der Waals surface area (Å²) in [4.78, 5) is 15.7. The number of amides is 1. The molecule has 3 aliphatic carbocycles. The first-order valence-corrected chi connectivity index (χ1v) is 10.8. The number of nitrogens with one attached hydrogen (secondary N) is 1. The number of thiophene rings is 1. The van der Waals surface area contributed by atoms with Crippen LogP contribution in [0.4, 0.5) is 0 Å². The monoisotopic (exact) mass is 380 g/mol. The molecule has 2 heterocycles. The van der Waals surface area contributed by atoms with E-state index >= 15 is 0 Å². The number of halogens is 1. The minimum atomic E-state index is 0. The van der Waals surface area contributed by atoms with Crippen molar-refractivity contribution in [2.24, 2.45) is 23.2 Å². The molecule has 1 saturated heterocycles. The summed E-state index contributed by atoms with van der Waals surface area (Å²) in [6.07, 6.45) is 9.03. The smallest absolute Gasteiger partial charge is 0.226 e. The summed E-state index contributed by atoms with van der Waals surface area (Å²) >= 11 is 1.75. The third kappa shape index (κ3) is 3.15. The molecule has 1 spiro atoms. The van der Waals surface area contributed by atoms with Gasteiger partial charge in [0, 0.05) is 18.5 Å². The van der Waals surface area contributed by atoms with E-state index in [4.69, 9.17) is 0 Å². The van der Waals surface area contributed by atoms with E-state index in [9.17, 15) is 4.79 Å². The molecule has 5 rings (SSSR count). The van der Waals surface area contributed by atoms with Crippen LogP contribution in [0.1, 0.15) is 50.5 Å². The molecule has 1 N–H and O–H groups in total. The van der Waals surface area contributed by atoms with Gasteiger partial charge in [-0.3, -0.25) is 4.79 Å². The zero-order chi connectivity index (χ0) is 16.1. The van der Waals surface area contributed by atoms with Crippen LogP contribution in [-0.4, -0.2) is 29.9 Å². The van der Waals surface area contributed by atoms with Crippen molar-refractivity contribution in [2.75, 3.05) is 13.1 Å². The lowest BCUT2D eigenvalue weighted by Gasteiger charge is -2.30. The van der Waals surface area contributed by atoms with Crippen molar-refractivity contribution >= 4 is 29.7 Å². The molecule has 3 atom stereocenters. The Morgan fingerprint density at radius 1 is 1.24 bits per heavy atom. The fraction of sp³-hybridized carbons (Fsp3) is 0.750. The predicted molar refractivity (Wildman–Crippen MR) is 104 cm³/mol. The summed E-state index contributed by atoms with van der Waals surface area (Å²) in [5.41, 5.74) is 1.77. The van der Waals surface area contributed by atoms with E-state index in [0.29, 0.717) is 23.3 Å². The van der Waals surface area contributed by atoms with Gasteiger partial charge in [-0.2, -0.15) is 11.3 Å². The molecule has 1 aromatic heterocycles. The van der Waals surface area contributed by atoms with Crippen LogP contribution >= 0.6 is 23.7 Å². The Balaban J connectivity index is 0.00000157. The fourth-order valence-corrected chi connectivity index (χ4v) is 6.36. The SMILES string of the molecule is Cl.O=C(C1C2CCCCC21)N(Cc1ccsc1)C1CC12CCNCC2. The number of piperidine rings is 1. The van der Waals surface area contributed by atoms with Crippen molar-refractivity contribution < 1.29 is 4.79 Å². The molecule has 4 aliphatic rings. The van der Waals surface area contributed by atoms with E-state index in [2.05, 4.69) is 27.0 Å². The maximum atomic E-state index is 13.4. The van der Waals surface area contributed by atoms with Crippen LogP contribution in [0.5, 0.6) is 0 Å². The van der Waals surface area contributed by atoms with E-state index in [-0.39, 0.29) is 12.4 Å². The van der Waals surface area contributed by atoms with Crippen LogP contribution in [0.3, 0.4) is 0 Å². The standard InChI is InChI=1S/C20H28N2OS.ClH/c23-19(18-15-3-1-2-4-16(15)18)22(12-14-5-10-24-13-14)17-11-20(17)6-8-21-9-7-20;/h5,10,13,15-18,21H,1-4,6-9,11-12H2;1H. The second kappa shape index (κ2) is 6.86. The molecule has 0 bridgehead atoms. The van der Waals surface area contributed by atoms with Crippen molar-refractivity contribution in [1.29, 1.82) is 0 Å². The summed E-state index contributed by atoms with van der Waals surface area (Å²) in [5.74, 6) is 2.31. The van der Waals surface area contributed by atoms with Gasteiger partial charge in [-0.1, -0.05) is 12.8 Å². The summed E-state index contributed by atoms with van der Waals surface area (Å²) in [5, 5.41) is 7.85. The van der Waals surface area contributed by atoms with Gasteiger partial charge in [0.2, 0.25) is 5.91 Å². The first kappa shape index (κ1) is 17.8.